The molecule has 0 radical (unpaired) electrons. The second kappa shape index (κ2) is 6.25. The molecule has 1 saturated carbocycles. The van der Waals surface area contributed by atoms with E-state index >= 15 is 0 Å². The minimum Gasteiger partial charge on any atom is -0.339 e. The first-order valence-electron chi connectivity index (χ1n) is 8.35. The van der Waals surface area contributed by atoms with Crippen LogP contribution in [0.25, 0.3) is 0 Å². The number of hydrogen-bond donors (Lipinski definition) is 1. The first-order valence-corrected chi connectivity index (χ1v) is 8.35. The highest BCUT2D eigenvalue weighted by Crippen LogP contribution is 2.35. The molecule has 19 heavy (non-hydrogen) atoms. The molecular weight excluding hydrogens is 236 g/mol. The molecule has 2 heterocycles. The summed E-state index contributed by atoms with van der Waals surface area (Å²) in [6.45, 7) is 3.18. The number of amides is 1. The van der Waals surface area contributed by atoms with Crippen molar-refractivity contribution in [1.29, 1.82) is 0 Å². The highest BCUT2D eigenvalue weighted by Gasteiger charge is 2.35. The van der Waals surface area contributed by atoms with E-state index < -0.39 is 0 Å². The Morgan fingerprint density at radius 1 is 1.05 bits per heavy atom. The Hall–Kier alpha value is -0.570. The molecule has 3 aliphatic rings. The Labute approximate surface area is 117 Å². The van der Waals surface area contributed by atoms with Gasteiger partial charge < -0.3 is 10.2 Å². The lowest BCUT2D eigenvalue weighted by Gasteiger charge is -2.34. The standard InChI is InChI=1S/C16H28N2O/c19-16(11-13-8-9-17-12-13)18-10-4-7-15(18)14-5-2-1-3-6-14/h13-15,17H,1-12H2. The molecule has 0 aromatic heterocycles. The maximum atomic E-state index is 12.6. The fraction of sp³-hybridized carbons (Fsp3) is 0.938. The minimum atomic E-state index is 0.446. The molecule has 2 atom stereocenters. The first kappa shape index (κ1) is 13.4. The Morgan fingerprint density at radius 3 is 2.63 bits per heavy atom. The maximum Gasteiger partial charge on any atom is 0.223 e. The summed E-state index contributed by atoms with van der Waals surface area (Å²) in [5.74, 6) is 1.85. The summed E-state index contributed by atoms with van der Waals surface area (Å²) >= 11 is 0. The number of nitrogens with one attached hydrogen (secondary N) is 1. The predicted molar refractivity (Wildman–Crippen MR) is 76.9 cm³/mol. The molecule has 1 N–H and O–H groups in total. The van der Waals surface area contributed by atoms with E-state index in [0.717, 1.165) is 32.0 Å². The molecule has 1 aliphatic carbocycles. The Kier molecular flexibility index (Phi) is 4.42. The molecule has 2 saturated heterocycles. The number of carbonyl (C=O) groups is 1. The zero-order valence-electron chi connectivity index (χ0n) is 12.1. The largest absolute Gasteiger partial charge is 0.339 e. The van der Waals surface area contributed by atoms with Crippen molar-refractivity contribution in [1.82, 2.24) is 10.2 Å². The molecule has 108 valence electrons. The molecular formula is C16H28N2O. The van der Waals surface area contributed by atoms with Gasteiger partial charge in [-0.15, -0.1) is 0 Å². The van der Waals surface area contributed by atoms with Crippen LogP contribution in [0.3, 0.4) is 0 Å². The Balaban J connectivity index is 1.56. The zero-order valence-corrected chi connectivity index (χ0v) is 12.1. The van der Waals surface area contributed by atoms with Crippen molar-refractivity contribution >= 4 is 5.91 Å². The average molecular weight is 264 g/mol. The van der Waals surface area contributed by atoms with Crippen LogP contribution in [0.4, 0.5) is 0 Å². The van der Waals surface area contributed by atoms with Crippen molar-refractivity contribution in [2.75, 3.05) is 19.6 Å². The summed E-state index contributed by atoms with van der Waals surface area (Å²) in [5.41, 5.74) is 0. The van der Waals surface area contributed by atoms with Crippen LogP contribution in [0, 0.1) is 11.8 Å². The molecule has 2 aliphatic heterocycles. The number of hydrogen-bond acceptors (Lipinski definition) is 2. The second-order valence-electron chi connectivity index (χ2n) is 6.76. The second-order valence-corrected chi connectivity index (χ2v) is 6.76. The number of rotatable bonds is 3. The van der Waals surface area contributed by atoms with Crippen molar-refractivity contribution in [2.45, 2.75) is 63.8 Å². The Bertz CT molecular complexity index is 306. The molecule has 3 rings (SSSR count). The molecule has 0 aromatic carbocycles. The topological polar surface area (TPSA) is 32.3 Å². The van der Waals surface area contributed by atoms with Gasteiger partial charge in [0.25, 0.3) is 0 Å². The average Bonchev–Trinajstić information content (AvgIpc) is 3.10. The summed E-state index contributed by atoms with van der Waals surface area (Å²) in [7, 11) is 0. The lowest BCUT2D eigenvalue weighted by Crippen LogP contribution is -2.41. The quantitative estimate of drug-likeness (QED) is 0.849. The highest BCUT2D eigenvalue weighted by molar-refractivity contribution is 5.77. The number of likely N-dealkylation sites (tertiary alicyclic amines) is 1. The molecule has 0 spiro atoms. The van der Waals surface area contributed by atoms with Gasteiger partial charge >= 0.3 is 0 Å². The van der Waals surface area contributed by atoms with Gasteiger partial charge in [-0.1, -0.05) is 19.3 Å². The summed E-state index contributed by atoms with van der Waals surface area (Å²) in [6.07, 6.45) is 11.4. The summed E-state index contributed by atoms with van der Waals surface area (Å²) in [4.78, 5) is 14.8. The van der Waals surface area contributed by atoms with E-state index in [1.807, 2.05) is 0 Å². The van der Waals surface area contributed by atoms with Crippen LogP contribution in [-0.2, 0) is 4.79 Å². The van der Waals surface area contributed by atoms with E-state index in [9.17, 15) is 4.79 Å². The molecule has 3 heteroatoms. The van der Waals surface area contributed by atoms with Crippen molar-refractivity contribution in [3.8, 4) is 0 Å². The van der Waals surface area contributed by atoms with Crippen LogP contribution in [0.2, 0.25) is 0 Å². The van der Waals surface area contributed by atoms with Gasteiger partial charge in [0.05, 0.1) is 0 Å². The van der Waals surface area contributed by atoms with Gasteiger partial charge in [0.15, 0.2) is 0 Å². The summed E-state index contributed by atoms with van der Waals surface area (Å²) in [5, 5.41) is 3.37. The van der Waals surface area contributed by atoms with Crippen LogP contribution in [0.15, 0.2) is 0 Å². The minimum absolute atomic E-state index is 0.446. The third kappa shape index (κ3) is 3.13. The number of nitrogens with zero attached hydrogens (tertiary/aromatic N) is 1. The molecule has 3 nitrogen and oxygen atoms in total. The van der Waals surface area contributed by atoms with Gasteiger partial charge in [0.1, 0.15) is 0 Å². The Morgan fingerprint density at radius 2 is 1.89 bits per heavy atom. The molecule has 0 aromatic rings. The lowest BCUT2D eigenvalue weighted by atomic mass is 9.83. The summed E-state index contributed by atoms with van der Waals surface area (Å²) < 4.78 is 0. The molecule has 2 unspecified atom stereocenters. The molecule has 3 fully saturated rings. The summed E-state index contributed by atoms with van der Waals surface area (Å²) in [6, 6.07) is 0.585. The van der Waals surface area contributed by atoms with Crippen molar-refractivity contribution in [3.63, 3.8) is 0 Å². The van der Waals surface area contributed by atoms with E-state index in [0.29, 0.717) is 17.9 Å². The third-order valence-electron chi connectivity index (χ3n) is 5.44. The molecule has 1 amide bonds. The van der Waals surface area contributed by atoms with Crippen LogP contribution in [-0.4, -0.2) is 36.5 Å². The van der Waals surface area contributed by atoms with Crippen molar-refractivity contribution in [3.05, 3.63) is 0 Å². The van der Waals surface area contributed by atoms with Gasteiger partial charge in [-0.3, -0.25) is 4.79 Å². The van der Waals surface area contributed by atoms with Crippen LogP contribution in [0.5, 0.6) is 0 Å². The maximum absolute atomic E-state index is 12.6. The lowest BCUT2D eigenvalue weighted by molar-refractivity contribution is -0.134. The van der Waals surface area contributed by atoms with Crippen molar-refractivity contribution < 1.29 is 4.79 Å². The van der Waals surface area contributed by atoms with Crippen molar-refractivity contribution in [2.24, 2.45) is 11.8 Å². The van der Waals surface area contributed by atoms with E-state index in [1.54, 1.807) is 0 Å². The van der Waals surface area contributed by atoms with E-state index in [1.165, 1.54) is 51.4 Å². The molecule has 0 bridgehead atoms. The fourth-order valence-corrected chi connectivity index (χ4v) is 4.36. The van der Waals surface area contributed by atoms with Crippen LogP contribution in [0.1, 0.15) is 57.8 Å². The van der Waals surface area contributed by atoms with Gasteiger partial charge in [-0.05, 0) is 57.0 Å². The van der Waals surface area contributed by atoms with Gasteiger partial charge in [0.2, 0.25) is 5.91 Å². The van der Waals surface area contributed by atoms with Crippen LogP contribution < -0.4 is 5.32 Å². The van der Waals surface area contributed by atoms with E-state index in [4.69, 9.17) is 0 Å². The fourth-order valence-electron chi connectivity index (χ4n) is 4.36. The highest BCUT2D eigenvalue weighted by atomic mass is 16.2. The number of carbonyl (C=O) groups excluding carboxylic acids is 1. The predicted octanol–water partition coefficient (Wildman–Crippen LogP) is 2.56. The SMILES string of the molecule is O=C(CC1CCNC1)N1CCCC1C1CCCCC1. The van der Waals surface area contributed by atoms with Gasteiger partial charge in [-0.25, -0.2) is 0 Å². The normalized spacial score (nSPS) is 32.9. The zero-order chi connectivity index (χ0) is 13.1. The van der Waals surface area contributed by atoms with E-state index in [2.05, 4.69) is 10.2 Å². The van der Waals surface area contributed by atoms with E-state index in [-0.39, 0.29) is 0 Å². The first-order chi connectivity index (χ1) is 9.34. The smallest absolute Gasteiger partial charge is 0.223 e. The van der Waals surface area contributed by atoms with Gasteiger partial charge in [0, 0.05) is 19.0 Å². The monoisotopic (exact) mass is 264 g/mol. The van der Waals surface area contributed by atoms with Gasteiger partial charge in [-0.2, -0.15) is 0 Å². The van der Waals surface area contributed by atoms with Crippen LogP contribution >= 0.6 is 0 Å². The third-order valence-corrected chi connectivity index (χ3v) is 5.44.